The van der Waals surface area contributed by atoms with Gasteiger partial charge in [0.15, 0.2) is 0 Å². The van der Waals surface area contributed by atoms with Gasteiger partial charge in [-0.25, -0.2) is 9.69 Å². The summed E-state index contributed by atoms with van der Waals surface area (Å²) >= 11 is 0. The van der Waals surface area contributed by atoms with Crippen LogP contribution in [0.5, 0.6) is 5.75 Å². The largest absolute Gasteiger partial charge is 0.497 e. The van der Waals surface area contributed by atoms with Crippen LogP contribution in [-0.2, 0) is 19.2 Å². The highest BCUT2D eigenvalue weighted by Crippen LogP contribution is 2.17. The predicted molar refractivity (Wildman–Crippen MR) is 103 cm³/mol. The molecule has 0 saturated carbocycles. The molecule has 29 heavy (non-hydrogen) atoms. The monoisotopic (exact) mass is 404 g/mol. The number of nitrogens with zero attached hydrogens (tertiary/aromatic N) is 3. The van der Waals surface area contributed by atoms with E-state index in [4.69, 9.17) is 4.74 Å². The molecule has 1 aromatic carbocycles. The van der Waals surface area contributed by atoms with Gasteiger partial charge in [-0.05, 0) is 18.1 Å². The Bertz CT molecular complexity index is 838. The van der Waals surface area contributed by atoms with E-state index in [-0.39, 0.29) is 19.0 Å². The first-order valence-corrected chi connectivity index (χ1v) is 8.99. The molecule has 0 spiro atoms. The Balaban J connectivity index is 1.94. The Hall–Kier alpha value is -3.43. The number of imide groups is 2. The maximum Gasteiger partial charge on any atom is 0.334 e. The van der Waals surface area contributed by atoms with Crippen molar-refractivity contribution in [3.05, 3.63) is 24.3 Å². The summed E-state index contributed by atoms with van der Waals surface area (Å²) in [7, 11) is 2.87. The van der Waals surface area contributed by atoms with Gasteiger partial charge >= 0.3 is 17.8 Å². The molecule has 1 aliphatic rings. The summed E-state index contributed by atoms with van der Waals surface area (Å²) in [4.78, 5) is 63.3. The summed E-state index contributed by atoms with van der Waals surface area (Å²) in [5.74, 6) is -2.56. The first-order valence-electron chi connectivity index (χ1n) is 8.99. The number of hydrogen-bond acceptors (Lipinski definition) is 6. The average molecular weight is 404 g/mol. The molecular formula is C19H24N4O6. The number of amides is 6. The molecule has 0 aromatic heterocycles. The number of rotatable bonds is 8. The number of nitrogens with one attached hydrogen (secondary N) is 1. The number of anilines is 1. The average Bonchev–Trinajstić information content (AvgIpc) is 2.85. The van der Waals surface area contributed by atoms with Gasteiger partial charge in [-0.15, -0.1) is 0 Å². The van der Waals surface area contributed by atoms with Crippen LogP contribution in [0.25, 0.3) is 0 Å². The molecule has 1 saturated heterocycles. The van der Waals surface area contributed by atoms with E-state index in [0.29, 0.717) is 16.3 Å². The smallest absolute Gasteiger partial charge is 0.334 e. The van der Waals surface area contributed by atoms with Gasteiger partial charge in [0, 0.05) is 25.3 Å². The zero-order valence-electron chi connectivity index (χ0n) is 16.8. The van der Waals surface area contributed by atoms with Crippen molar-refractivity contribution in [3.8, 4) is 5.75 Å². The summed E-state index contributed by atoms with van der Waals surface area (Å²) < 4.78 is 5.07. The number of hydrogen-bond donors (Lipinski definition) is 1. The molecule has 10 heteroatoms. The third-order valence-electron chi connectivity index (χ3n) is 4.14. The van der Waals surface area contributed by atoms with Gasteiger partial charge in [0.1, 0.15) is 12.3 Å². The van der Waals surface area contributed by atoms with Crippen LogP contribution in [0.4, 0.5) is 10.5 Å². The van der Waals surface area contributed by atoms with Gasteiger partial charge in [-0.3, -0.25) is 24.1 Å². The maximum atomic E-state index is 12.4. The normalized spacial score (nSPS) is 13.9. The lowest BCUT2D eigenvalue weighted by Crippen LogP contribution is -2.44. The molecule has 156 valence electrons. The minimum Gasteiger partial charge on any atom is -0.497 e. The Labute approximate surface area is 168 Å². The van der Waals surface area contributed by atoms with E-state index < -0.39 is 36.2 Å². The second-order valence-electron chi connectivity index (χ2n) is 7.01. The van der Waals surface area contributed by atoms with E-state index in [2.05, 4.69) is 5.32 Å². The highest BCUT2D eigenvalue weighted by molar-refractivity contribution is 6.45. The number of carbonyl (C=O) groups is 5. The molecule has 0 aliphatic carbocycles. The summed E-state index contributed by atoms with van der Waals surface area (Å²) in [6.07, 6.45) is 0. The first-order chi connectivity index (χ1) is 13.6. The number of carbonyl (C=O) groups excluding carboxylic acids is 5. The molecule has 1 aromatic rings. The number of methoxy groups -OCH3 is 1. The molecule has 0 bridgehead atoms. The Morgan fingerprint density at radius 1 is 1.14 bits per heavy atom. The first kappa shape index (κ1) is 21.9. The molecule has 1 heterocycles. The number of likely N-dealkylation sites (N-methyl/N-ethyl adjacent to an activating group) is 1. The summed E-state index contributed by atoms with van der Waals surface area (Å²) in [5, 5.41) is 2.63. The molecule has 0 atom stereocenters. The third-order valence-corrected chi connectivity index (χ3v) is 4.14. The molecular weight excluding hydrogens is 380 g/mol. The van der Waals surface area contributed by atoms with Crippen molar-refractivity contribution in [1.82, 2.24) is 14.7 Å². The fourth-order valence-corrected chi connectivity index (χ4v) is 2.68. The molecule has 1 aliphatic heterocycles. The Kier molecular flexibility index (Phi) is 6.92. The number of benzene rings is 1. The summed E-state index contributed by atoms with van der Waals surface area (Å²) in [5.41, 5.74) is 0.495. The number of ether oxygens (including phenoxy) is 1. The van der Waals surface area contributed by atoms with E-state index >= 15 is 0 Å². The minimum atomic E-state index is -1.04. The molecule has 0 unspecified atom stereocenters. The van der Waals surface area contributed by atoms with Gasteiger partial charge in [-0.1, -0.05) is 19.9 Å². The maximum absolute atomic E-state index is 12.4. The lowest BCUT2D eigenvalue weighted by molar-refractivity contribution is -0.145. The van der Waals surface area contributed by atoms with E-state index in [1.54, 1.807) is 38.1 Å². The van der Waals surface area contributed by atoms with Gasteiger partial charge in [0.05, 0.1) is 13.7 Å². The lowest BCUT2D eigenvalue weighted by Gasteiger charge is -2.20. The van der Waals surface area contributed by atoms with Crippen LogP contribution >= 0.6 is 0 Å². The second-order valence-corrected chi connectivity index (χ2v) is 7.01. The minimum absolute atomic E-state index is 0.0191. The van der Waals surface area contributed by atoms with E-state index in [0.717, 1.165) is 9.80 Å². The predicted octanol–water partition coefficient (Wildman–Crippen LogP) is 0.539. The van der Waals surface area contributed by atoms with Crippen molar-refractivity contribution >= 4 is 35.3 Å². The van der Waals surface area contributed by atoms with Crippen molar-refractivity contribution in [3.63, 3.8) is 0 Å². The van der Waals surface area contributed by atoms with Crippen LogP contribution in [-0.4, -0.2) is 78.2 Å². The van der Waals surface area contributed by atoms with Crippen LogP contribution in [0, 0.1) is 5.92 Å². The van der Waals surface area contributed by atoms with Crippen molar-refractivity contribution < 1.29 is 28.7 Å². The summed E-state index contributed by atoms with van der Waals surface area (Å²) in [6, 6.07) is 5.89. The number of urea groups is 1. The summed E-state index contributed by atoms with van der Waals surface area (Å²) in [6.45, 7) is 2.78. The zero-order chi connectivity index (χ0) is 21.7. The topological polar surface area (TPSA) is 116 Å². The van der Waals surface area contributed by atoms with Gasteiger partial charge in [0.25, 0.3) is 0 Å². The molecule has 0 radical (unpaired) electrons. The van der Waals surface area contributed by atoms with Crippen molar-refractivity contribution in [2.24, 2.45) is 5.92 Å². The SMILES string of the molecule is COc1cccc(NC(=O)CN(C)C(=O)CN2C(=O)C(=O)N(CC(C)C)C2=O)c1. The van der Waals surface area contributed by atoms with Crippen LogP contribution < -0.4 is 10.1 Å². The van der Waals surface area contributed by atoms with Crippen LogP contribution in [0.1, 0.15) is 13.8 Å². The molecule has 1 N–H and O–H groups in total. The van der Waals surface area contributed by atoms with E-state index in [1.807, 2.05) is 0 Å². The standard InChI is InChI=1S/C19H24N4O6/c1-12(2)9-22-17(26)18(27)23(19(22)28)11-16(25)21(3)10-15(24)20-13-6-5-7-14(8-13)29-4/h5-8,12H,9-11H2,1-4H3,(H,20,24). The lowest BCUT2D eigenvalue weighted by atomic mass is 10.2. The van der Waals surface area contributed by atoms with Crippen LogP contribution in [0.3, 0.4) is 0 Å². The Morgan fingerprint density at radius 3 is 2.41 bits per heavy atom. The second kappa shape index (κ2) is 9.18. The Morgan fingerprint density at radius 2 is 1.79 bits per heavy atom. The zero-order valence-corrected chi connectivity index (χ0v) is 16.8. The molecule has 6 amide bonds. The molecule has 10 nitrogen and oxygen atoms in total. The molecule has 1 fully saturated rings. The van der Waals surface area contributed by atoms with E-state index in [1.165, 1.54) is 14.2 Å². The van der Waals surface area contributed by atoms with Crippen molar-refractivity contribution in [2.75, 3.05) is 39.1 Å². The quantitative estimate of drug-likeness (QED) is 0.499. The van der Waals surface area contributed by atoms with E-state index in [9.17, 15) is 24.0 Å². The van der Waals surface area contributed by atoms with Crippen LogP contribution in [0.2, 0.25) is 0 Å². The fraction of sp³-hybridized carbons (Fsp3) is 0.421. The van der Waals surface area contributed by atoms with Gasteiger partial charge < -0.3 is 15.0 Å². The molecule has 2 rings (SSSR count). The fourth-order valence-electron chi connectivity index (χ4n) is 2.68. The van der Waals surface area contributed by atoms with Gasteiger partial charge in [0.2, 0.25) is 11.8 Å². The van der Waals surface area contributed by atoms with Crippen molar-refractivity contribution in [1.29, 1.82) is 0 Å². The van der Waals surface area contributed by atoms with Crippen LogP contribution in [0.15, 0.2) is 24.3 Å². The van der Waals surface area contributed by atoms with Crippen molar-refractivity contribution in [2.45, 2.75) is 13.8 Å². The highest BCUT2D eigenvalue weighted by atomic mass is 16.5. The van der Waals surface area contributed by atoms with Gasteiger partial charge in [-0.2, -0.15) is 0 Å². The third kappa shape index (κ3) is 5.31. The highest BCUT2D eigenvalue weighted by Gasteiger charge is 2.45.